The Labute approximate surface area is 190 Å². The van der Waals surface area contributed by atoms with Gasteiger partial charge in [0.1, 0.15) is 11.4 Å². The highest BCUT2D eigenvalue weighted by Gasteiger charge is 2.34. The number of nitrogens with one attached hydrogen (secondary N) is 2. The molecule has 3 rings (SSSR count). The zero-order chi connectivity index (χ0) is 25.3. The molecule has 0 fully saturated rings. The number of ether oxygens (including phenoxy) is 1. The predicted octanol–water partition coefficient (Wildman–Crippen LogP) is 5.46. The summed E-state index contributed by atoms with van der Waals surface area (Å²) in [4.78, 5) is 12.1. The van der Waals surface area contributed by atoms with E-state index in [-0.39, 0.29) is 16.9 Å². The van der Waals surface area contributed by atoms with Crippen LogP contribution in [0.25, 0.3) is 11.3 Å². The first kappa shape index (κ1) is 25.0. The maximum atomic E-state index is 14.2. The predicted molar refractivity (Wildman–Crippen MR) is 112 cm³/mol. The lowest BCUT2D eigenvalue weighted by atomic mass is 10.1. The van der Waals surface area contributed by atoms with Gasteiger partial charge in [-0.25, -0.2) is 22.0 Å². The first-order valence-corrected chi connectivity index (χ1v) is 11.4. The minimum Gasteiger partial charge on any atom is -0.425 e. The fourth-order valence-corrected chi connectivity index (χ4v) is 3.54. The van der Waals surface area contributed by atoms with E-state index in [1.807, 2.05) is 0 Å². The van der Waals surface area contributed by atoms with Gasteiger partial charge in [0.15, 0.2) is 11.6 Å². The highest BCUT2D eigenvalue weighted by Crippen LogP contribution is 2.38. The Morgan fingerprint density at radius 2 is 1.68 bits per heavy atom. The maximum Gasteiger partial charge on any atom is 0.417 e. The normalized spacial score (nSPS) is 12.8. The van der Waals surface area contributed by atoms with E-state index in [4.69, 9.17) is 9.15 Å². The molecule has 13 heteroatoms. The molecule has 1 heterocycles. The second-order valence-corrected chi connectivity index (χ2v) is 8.90. The molecule has 182 valence electrons. The Kier molecular flexibility index (Phi) is 6.87. The topological polar surface area (TPSA) is 97.6 Å². The number of rotatable bonds is 6. The van der Waals surface area contributed by atoms with Gasteiger partial charge in [-0.1, -0.05) is 18.2 Å². The van der Waals surface area contributed by atoms with Crippen LogP contribution in [0.15, 0.2) is 52.9 Å². The Morgan fingerprint density at radius 1 is 1.06 bits per heavy atom. The fourth-order valence-electron chi connectivity index (χ4n) is 2.97. The number of halogens is 5. The van der Waals surface area contributed by atoms with Gasteiger partial charge in [0.25, 0.3) is 5.95 Å². The molecule has 0 radical (unpaired) electrons. The summed E-state index contributed by atoms with van der Waals surface area (Å²) in [5.74, 6) is -3.02. The molecule has 1 unspecified atom stereocenters. The van der Waals surface area contributed by atoms with E-state index >= 15 is 0 Å². The average molecular weight is 504 g/mol. The van der Waals surface area contributed by atoms with Crippen LogP contribution in [0.2, 0.25) is 0 Å². The standard InChI is InChI=1S/C21H17F5N2O5S/c1-11(12-9-15(22)19(16(23)10-12)28-34(2,30)31)27-20(29)33-18-8-7-17(32-18)13-5-3-4-6-14(13)21(24,25)26/h3-11,28H,1-2H3,(H,27,29). The minimum absolute atomic E-state index is 0.0507. The molecule has 0 saturated heterocycles. The van der Waals surface area contributed by atoms with Gasteiger partial charge in [-0.15, -0.1) is 0 Å². The van der Waals surface area contributed by atoms with Gasteiger partial charge in [-0.3, -0.25) is 4.72 Å². The maximum absolute atomic E-state index is 14.2. The number of furan rings is 1. The number of alkyl halides is 3. The number of amides is 1. The summed E-state index contributed by atoms with van der Waals surface area (Å²) in [6.07, 6.45) is -5.02. The summed E-state index contributed by atoms with van der Waals surface area (Å²) in [6, 6.07) is 7.65. The quantitative estimate of drug-likeness (QED) is 0.434. The van der Waals surface area contributed by atoms with Gasteiger partial charge < -0.3 is 14.5 Å². The monoisotopic (exact) mass is 504 g/mol. The third kappa shape index (κ3) is 6.04. The van der Waals surface area contributed by atoms with E-state index in [2.05, 4.69) is 5.32 Å². The SMILES string of the molecule is CC(NC(=O)Oc1ccc(-c2ccccc2C(F)(F)F)o1)c1cc(F)c(NS(C)(=O)=O)c(F)c1. The van der Waals surface area contributed by atoms with Crippen molar-refractivity contribution in [2.75, 3.05) is 11.0 Å². The zero-order valence-electron chi connectivity index (χ0n) is 17.5. The molecule has 0 bridgehead atoms. The lowest BCUT2D eigenvalue weighted by molar-refractivity contribution is -0.137. The van der Waals surface area contributed by atoms with Crippen molar-refractivity contribution in [1.82, 2.24) is 5.32 Å². The lowest BCUT2D eigenvalue weighted by Gasteiger charge is -2.15. The second-order valence-electron chi connectivity index (χ2n) is 7.15. The van der Waals surface area contributed by atoms with Gasteiger partial charge in [0.2, 0.25) is 10.0 Å². The summed E-state index contributed by atoms with van der Waals surface area (Å²) in [6.45, 7) is 1.37. The number of carbonyl (C=O) groups excluding carboxylic acids is 1. The van der Waals surface area contributed by atoms with Crippen molar-refractivity contribution < 1.29 is 44.3 Å². The number of carbonyl (C=O) groups is 1. The van der Waals surface area contributed by atoms with E-state index in [0.717, 1.165) is 30.5 Å². The number of hydrogen-bond acceptors (Lipinski definition) is 5. The smallest absolute Gasteiger partial charge is 0.417 e. The Bertz CT molecular complexity index is 1300. The van der Waals surface area contributed by atoms with Crippen LogP contribution in [-0.2, 0) is 16.2 Å². The van der Waals surface area contributed by atoms with Gasteiger partial charge in [-0.2, -0.15) is 13.2 Å². The van der Waals surface area contributed by atoms with Crippen LogP contribution in [0.3, 0.4) is 0 Å². The summed E-state index contributed by atoms with van der Waals surface area (Å²) in [5, 5.41) is 2.28. The number of benzene rings is 2. The van der Waals surface area contributed by atoms with E-state index in [1.54, 1.807) is 4.72 Å². The van der Waals surface area contributed by atoms with Crippen LogP contribution in [0, 0.1) is 11.6 Å². The second kappa shape index (κ2) is 9.33. The summed E-state index contributed by atoms with van der Waals surface area (Å²) in [7, 11) is -3.93. The summed E-state index contributed by atoms with van der Waals surface area (Å²) >= 11 is 0. The minimum atomic E-state index is -4.63. The summed E-state index contributed by atoms with van der Waals surface area (Å²) in [5.41, 5.74) is -2.12. The van der Waals surface area contributed by atoms with Crippen LogP contribution in [0.4, 0.5) is 32.4 Å². The third-order valence-corrected chi connectivity index (χ3v) is 5.03. The van der Waals surface area contributed by atoms with E-state index in [9.17, 15) is 35.2 Å². The molecule has 1 amide bonds. The van der Waals surface area contributed by atoms with Crippen molar-refractivity contribution in [2.45, 2.75) is 19.1 Å². The van der Waals surface area contributed by atoms with Crippen molar-refractivity contribution in [1.29, 1.82) is 0 Å². The van der Waals surface area contributed by atoms with Crippen molar-refractivity contribution in [3.63, 3.8) is 0 Å². The molecule has 2 N–H and O–H groups in total. The molecule has 0 saturated carbocycles. The molecule has 0 aliphatic carbocycles. The van der Waals surface area contributed by atoms with Crippen molar-refractivity contribution in [2.24, 2.45) is 0 Å². The molecule has 1 atom stereocenters. The van der Waals surface area contributed by atoms with Crippen molar-refractivity contribution in [3.8, 4) is 17.3 Å². The Balaban J connectivity index is 1.71. The molecular weight excluding hydrogens is 487 g/mol. The molecule has 0 aliphatic rings. The van der Waals surface area contributed by atoms with E-state index < -0.39 is 57.2 Å². The number of sulfonamides is 1. The van der Waals surface area contributed by atoms with Crippen molar-refractivity contribution in [3.05, 3.63) is 71.3 Å². The van der Waals surface area contributed by atoms with Crippen LogP contribution in [-0.4, -0.2) is 20.8 Å². The van der Waals surface area contributed by atoms with Crippen molar-refractivity contribution >= 4 is 21.8 Å². The van der Waals surface area contributed by atoms with E-state index in [1.165, 1.54) is 31.2 Å². The van der Waals surface area contributed by atoms with E-state index in [0.29, 0.717) is 0 Å². The zero-order valence-corrected chi connectivity index (χ0v) is 18.4. The van der Waals surface area contributed by atoms with Crippen LogP contribution < -0.4 is 14.8 Å². The van der Waals surface area contributed by atoms with Gasteiger partial charge >= 0.3 is 12.3 Å². The van der Waals surface area contributed by atoms with Gasteiger partial charge in [0, 0.05) is 11.6 Å². The average Bonchev–Trinajstić information content (AvgIpc) is 3.17. The highest BCUT2D eigenvalue weighted by atomic mass is 32.2. The molecule has 34 heavy (non-hydrogen) atoms. The van der Waals surface area contributed by atoms with Crippen LogP contribution >= 0.6 is 0 Å². The highest BCUT2D eigenvalue weighted by molar-refractivity contribution is 7.92. The first-order chi connectivity index (χ1) is 15.7. The Morgan fingerprint density at radius 3 is 2.26 bits per heavy atom. The molecule has 7 nitrogen and oxygen atoms in total. The van der Waals surface area contributed by atoms with Crippen LogP contribution in [0.5, 0.6) is 5.95 Å². The molecule has 2 aromatic carbocycles. The Hall–Kier alpha value is -3.61. The fraction of sp³-hybridized carbons (Fsp3) is 0.190. The molecule has 3 aromatic rings. The molecule has 0 aliphatic heterocycles. The largest absolute Gasteiger partial charge is 0.425 e. The van der Waals surface area contributed by atoms with Gasteiger partial charge in [0.05, 0.1) is 17.9 Å². The number of anilines is 1. The third-order valence-electron chi connectivity index (χ3n) is 4.46. The molecule has 1 aromatic heterocycles. The number of hydrogen-bond donors (Lipinski definition) is 2. The molecular formula is C21H17F5N2O5S. The molecule has 0 spiro atoms. The van der Waals surface area contributed by atoms with Crippen LogP contribution in [0.1, 0.15) is 24.1 Å². The van der Waals surface area contributed by atoms with Gasteiger partial charge in [-0.05, 0) is 36.8 Å². The lowest BCUT2D eigenvalue weighted by Crippen LogP contribution is -2.29. The first-order valence-electron chi connectivity index (χ1n) is 9.46. The summed E-state index contributed by atoms with van der Waals surface area (Å²) < 4.78 is 102.